The first-order valence-corrected chi connectivity index (χ1v) is 7.42. The maximum atomic E-state index is 4.24. The number of rotatable bonds is 8. The summed E-state index contributed by atoms with van der Waals surface area (Å²) in [5.41, 5.74) is 0. The molecule has 5 heteroatoms. The molecular weight excluding hydrogens is 250 g/mol. The topological polar surface area (TPSA) is 44.6 Å². The molecule has 5 nitrogen and oxygen atoms in total. The zero-order chi connectivity index (χ0) is 14.8. The van der Waals surface area contributed by atoms with Gasteiger partial charge in [-0.05, 0) is 32.5 Å². The van der Waals surface area contributed by atoms with Crippen LogP contribution in [0, 0.1) is 0 Å². The lowest BCUT2D eigenvalue weighted by atomic mass is 10.2. The molecule has 0 aromatic carbocycles. The Bertz CT molecular complexity index is 372. The van der Waals surface area contributed by atoms with Crippen LogP contribution in [0.5, 0.6) is 0 Å². The zero-order valence-electron chi connectivity index (χ0n) is 13.3. The van der Waals surface area contributed by atoms with E-state index in [9.17, 15) is 0 Å². The van der Waals surface area contributed by atoms with E-state index in [4.69, 9.17) is 0 Å². The summed E-state index contributed by atoms with van der Waals surface area (Å²) in [5.74, 6) is 0.870. The van der Waals surface area contributed by atoms with Crippen LogP contribution >= 0.6 is 0 Å². The predicted molar refractivity (Wildman–Crippen MR) is 86.2 cm³/mol. The van der Waals surface area contributed by atoms with Crippen molar-refractivity contribution in [3.63, 3.8) is 0 Å². The molecule has 1 heterocycles. The van der Waals surface area contributed by atoms with Crippen LogP contribution in [0.15, 0.2) is 29.5 Å². The molecular formula is C15H29N5. The van der Waals surface area contributed by atoms with E-state index in [1.807, 2.05) is 19.2 Å². The third kappa shape index (κ3) is 6.10. The first kappa shape index (κ1) is 16.6. The minimum absolute atomic E-state index is 0.625. The van der Waals surface area contributed by atoms with Gasteiger partial charge in [-0.25, -0.2) is 0 Å². The Kier molecular flexibility index (Phi) is 7.80. The van der Waals surface area contributed by atoms with E-state index in [-0.39, 0.29) is 0 Å². The summed E-state index contributed by atoms with van der Waals surface area (Å²) >= 11 is 0. The Balaban J connectivity index is 2.16. The van der Waals surface area contributed by atoms with Gasteiger partial charge in [-0.2, -0.15) is 0 Å². The molecule has 0 saturated heterocycles. The van der Waals surface area contributed by atoms with E-state index in [2.05, 4.69) is 58.4 Å². The summed E-state index contributed by atoms with van der Waals surface area (Å²) in [7, 11) is 3.97. The first-order chi connectivity index (χ1) is 9.67. The van der Waals surface area contributed by atoms with Crippen molar-refractivity contribution in [1.82, 2.24) is 20.1 Å². The number of guanidine groups is 1. The fourth-order valence-electron chi connectivity index (χ4n) is 1.93. The molecule has 0 aliphatic carbocycles. The molecule has 2 N–H and O–H groups in total. The molecule has 0 saturated carbocycles. The van der Waals surface area contributed by atoms with E-state index in [1.165, 1.54) is 6.42 Å². The van der Waals surface area contributed by atoms with Crippen LogP contribution in [0.1, 0.15) is 20.3 Å². The van der Waals surface area contributed by atoms with Gasteiger partial charge >= 0.3 is 0 Å². The molecule has 0 amide bonds. The van der Waals surface area contributed by atoms with Gasteiger partial charge in [0.1, 0.15) is 0 Å². The third-order valence-corrected chi connectivity index (χ3v) is 3.65. The maximum Gasteiger partial charge on any atom is 0.191 e. The smallest absolute Gasteiger partial charge is 0.191 e. The Morgan fingerprint density at radius 2 is 1.90 bits per heavy atom. The largest absolute Gasteiger partial charge is 0.355 e. The highest BCUT2D eigenvalue weighted by molar-refractivity contribution is 5.79. The van der Waals surface area contributed by atoms with Crippen LogP contribution in [0.3, 0.4) is 0 Å². The van der Waals surface area contributed by atoms with Crippen LogP contribution in [-0.2, 0) is 6.54 Å². The molecule has 1 unspecified atom stereocenters. The lowest BCUT2D eigenvalue weighted by molar-refractivity contribution is 0.255. The van der Waals surface area contributed by atoms with Gasteiger partial charge in [0, 0.05) is 51.7 Å². The van der Waals surface area contributed by atoms with Gasteiger partial charge in [0.05, 0.1) is 0 Å². The lowest BCUT2D eigenvalue weighted by Gasteiger charge is -2.24. The minimum atomic E-state index is 0.625. The van der Waals surface area contributed by atoms with E-state index in [0.29, 0.717) is 6.04 Å². The molecule has 1 aromatic rings. The average molecular weight is 279 g/mol. The predicted octanol–water partition coefficient (Wildman–Crippen LogP) is 1.38. The molecule has 0 aliphatic rings. The van der Waals surface area contributed by atoms with Crippen LogP contribution in [0.25, 0.3) is 0 Å². The SMILES string of the molecule is CCC(C)N(C)CCNC(=NC)NCCn1cccc1. The van der Waals surface area contributed by atoms with Gasteiger partial charge < -0.3 is 20.1 Å². The van der Waals surface area contributed by atoms with Crippen molar-refractivity contribution in [2.45, 2.75) is 32.9 Å². The number of nitrogens with one attached hydrogen (secondary N) is 2. The number of nitrogens with zero attached hydrogens (tertiary/aromatic N) is 3. The normalized spacial score (nSPS) is 13.6. The molecule has 1 atom stereocenters. The van der Waals surface area contributed by atoms with Gasteiger partial charge in [0.15, 0.2) is 5.96 Å². The molecule has 0 radical (unpaired) electrons. The van der Waals surface area contributed by atoms with E-state index < -0.39 is 0 Å². The number of aromatic nitrogens is 1. The number of aliphatic imine (C=N–C) groups is 1. The van der Waals surface area contributed by atoms with Crippen molar-refractivity contribution in [1.29, 1.82) is 0 Å². The van der Waals surface area contributed by atoms with Crippen molar-refractivity contribution in [3.05, 3.63) is 24.5 Å². The fraction of sp³-hybridized carbons (Fsp3) is 0.667. The average Bonchev–Trinajstić information content (AvgIpc) is 2.97. The molecule has 0 spiro atoms. The maximum absolute atomic E-state index is 4.24. The first-order valence-electron chi connectivity index (χ1n) is 7.42. The summed E-state index contributed by atoms with van der Waals surface area (Å²) < 4.78 is 2.15. The second-order valence-corrected chi connectivity index (χ2v) is 5.08. The van der Waals surface area contributed by atoms with Crippen LogP contribution < -0.4 is 10.6 Å². The number of hydrogen-bond donors (Lipinski definition) is 2. The molecule has 0 aliphatic heterocycles. The van der Waals surface area contributed by atoms with Crippen molar-refractivity contribution >= 4 is 5.96 Å². The highest BCUT2D eigenvalue weighted by Crippen LogP contribution is 1.97. The lowest BCUT2D eigenvalue weighted by Crippen LogP contribution is -2.43. The summed E-state index contributed by atoms with van der Waals surface area (Å²) in [6.07, 6.45) is 5.32. The van der Waals surface area contributed by atoms with E-state index in [1.54, 1.807) is 0 Å². The Morgan fingerprint density at radius 3 is 2.50 bits per heavy atom. The monoisotopic (exact) mass is 279 g/mol. The van der Waals surface area contributed by atoms with Crippen LogP contribution in [0.2, 0.25) is 0 Å². The summed E-state index contributed by atoms with van der Waals surface area (Å²) in [4.78, 5) is 6.60. The van der Waals surface area contributed by atoms with E-state index in [0.717, 1.165) is 32.1 Å². The van der Waals surface area contributed by atoms with Gasteiger partial charge in [0.25, 0.3) is 0 Å². The number of hydrogen-bond acceptors (Lipinski definition) is 2. The second-order valence-electron chi connectivity index (χ2n) is 5.08. The molecule has 1 rings (SSSR count). The second kappa shape index (κ2) is 9.42. The molecule has 20 heavy (non-hydrogen) atoms. The Morgan fingerprint density at radius 1 is 1.25 bits per heavy atom. The zero-order valence-corrected chi connectivity index (χ0v) is 13.3. The quantitative estimate of drug-likeness (QED) is 0.558. The Hall–Kier alpha value is -1.49. The van der Waals surface area contributed by atoms with Crippen molar-refractivity contribution in [2.75, 3.05) is 33.7 Å². The van der Waals surface area contributed by atoms with Gasteiger partial charge in [-0.1, -0.05) is 6.92 Å². The van der Waals surface area contributed by atoms with Crippen LogP contribution in [0.4, 0.5) is 0 Å². The van der Waals surface area contributed by atoms with Gasteiger partial charge in [0.2, 0.25) is 0 Å². The molecule has 0 bridgehead atoms. The van der Waals surface area contributed by atoms with Gasteiger partial charge in [-0.15, -0.1) is 0 Å². The Labute approximate surface area is 123 Å². The van der Waals surface area contributed by atoms with Gasteiger partial charge in [-0.3, -0.25) is 4.99 Å². The molecule has 1 aromatic heterocycles. The molecule has 0 fully saturated rings. The van der Waals surface area contributed by atoms with Crippen molar-refractivity contribution < 1.29 is 0 Å². The summed E-state index contributed by atoms with van der Waals surface area (Å²) in [5, 5.41) is 6.67. The number of likely N-dealkylation sites (N-methyl/N-ethyl adjacent to an activating group) is 1. The fourth-order valence-corrected chi connectivity index (χ4v) is 1.93. The van der Waals surface area contributed by atoms with E-state index >= 15 is 0 Å². The third-order valence-electron chi connectivity index (χ3n) is 3.65. The molecule has 114 valence electrons. The summed E-state index contributed by atoms with van der Waals surface area (Å²) in [6.45, 7) is 8.22. The highest BCUT2D eigenvalue weighted by atomic mass is 15.2. The minimum Gasteiger partial charge on any atom is -0.355 e. The standard InChI is InChI=1S/C15H29N5/c1-5-14(2)19(4)12-8-17-15(16-3)18-9-13-20-10-6-7-11-20/h6-7,10-11,14H,5,8-9,12-13H2,1-4H3,(H2,16,17,18). The van der Waals surface area contributed by atoms with Crippen molar-refractivity contribution in [2.24, 2.45) is 4.99 Å². The summed E-state index contributed by atoms with van der Waals surface area (Å²) in [6, 6.07) is 4.70. The highest BCUT2D eigenvalue weighted by Gasteiger charge is 2.06. The van der Waals surface area contributed by atoms with Crippen LogP contribution in [-0.4, -0.2) is 55.2 Å². The van der Waals surface area contributed by atoms with Crippen molar-refractivity contribution in [3.8, 4) is 0 Å².